The summed E-state index contributed by atoms with van der Waals surface area (Å²) >= 11 is 0. The zero-order valence-corrected chi connectivity index (χ0v) is 13.1. The third-order valence-corrected chi connectivity index (χ3v) is 4.18. The summed E-state index contributed by atoms with van der Waals surface area (Å²) in [6, 6.07) is 4.94. The fraction of sp³-hybridized carbons (Fsp3) is 0.533. The monoisotopic (exact) mass is 292 g/mol. The van der Waals surface area contributed by atoms with Crippen LogP contribution in [0.25, 0.3) is 0 Å². The molecule has 114 valence electrons. The molecule has 1 aromatic rings. The Kier molecular flexibility index (Phi) is 4.04. The predicted octanol–water partition coefficient (Wildman–Crippen LogP) is 1.41. The first-order valence-electron chi connectivity index (χ1n) is 6.90. The van der Waals surface area contributed by atoms with Gasteiger partial charge >= 0.3 is 13.1 Å². The van der Waals surface area contributed by atoms with Crippen molar-refractivity contribution in [1.29, 1.82) is 0 Å². The highest BCUT2D eigenvalue weighted by molar-refractivity contribution is 6.63. The van der Waals surface area contributed by atoms with Gasteiger partial charge in [-0.2, -0.15) is 0 Å². The van der Waals surface area contributed by atoms with Crippen molar-refractivity contribution in [2.75, 3.05) is 7.11 Å². The van der Waals surface area contributed by atoms with Crippen molar-refractivity contribution in [3.63, 3.8) is 0 Å². The van der Waals surface area contributed by atoms with E-state index in [9.17, 15) is 9.90 Å². The van der Waals surface area contributed by atoms with E-state index >= 15 is 0 Å². The van der Waals surface area contributed by atoms with Crippen LogP contribution in [-0.2, 0) is 25.3 Å². The average molecular weight is 292 g/mol. The Bertz CT molecular complexity index is 537. The third-order valence-electron chi connectivity index (χ3n) is 4.18. The van der Waals surface area contributed by atoms with E-state index in [1.165, 1.54) is 7.11 Å². The highest BCUT2D eigenvalue weighted by Crippen LogP contribution is 2.37. The van der Waals surface area contributed by atoms with E-state index in [2.05, 4.69) is 4.74 Å². The van der Waals surface area contributed by atoms with Gasteiger partial charge < -0.3 is 19.2 Å². The van der Waals surface area contributed by atoms with Crippen LogP contribution in [0, 0.1) is 0 Å². The average Bonchev–Trinajstić information content (AvgIpc) is 2.60. The molecular weight excluding hydrogens is 271 g/mol. The van der Waals surface area contributed by atoms with Gasteiger partial charge in [-0.3, -0.25) is 4.79 Å². The summed E-state index contributed by atoms with van der Waals surface area (Å²) in [5.41, 5.74) is 0.296. The molecule has 1 N–H and O–H groups in total. The van der Waals surface area contributed by atoms with Gasteiger partial charge in [-0.1, -0.05) is 12.1 Å². The number of phenolic OH excluding ortho intramolecular Hbond substituents is 1. The van der Waals surface area contributed by atoms with E-state index in [4.69, 9.17) is 9.31 Å². The molecule has 1 fully saturated rings. The molecule has 0 aromatic heterocycles. The Morgan fingerprint density at radius 2 is 1.81 bits per heavy atom. The van der Waals surface area contributed by atoms with Gasteiger partial charge in [0.05, 0.1) is 24.7 Å². The lowest BCUT2D eigenvalue weighted by molar-refractivity contribution is -0.139. The van der Waals surface area contributed by atoms with E-state index in [1.807, 2.05) is 27.7 Å². The number of hydrogen-bond donors (Lipinski definition) is 1. The first-order chi connectivity index (χ1) is 9.66. The molecule has 5 nitrogen and oxygen atoms in total. The van der Waals surface area contributed by atoms with Crippen LogP contribution in [0.15, 0.2) is 18.2 Å². The van der Waals surface area contributed by atoms with Crippen LogP contribution in [0.2, 0.25) is 0 Å². The predicted molar refractivity (Wildman–Crippen MR) is 79.5 cm³/mol. The van der Waals surface area contributed by atoms with Crippen LogP contribution in [0.4, 0.5) is 0 Å². The van der Waals surface area contributed by atoms with Crippen LogP contribution in [-0.4, -0.2) is 36.5 Å². The van der Waals surface area contributed by atoms with Gasteiger partial charge in [-0.05, 0) is 39.3 Å². The largest absolute Gasteiger partial charge is 0.508 e. The zero-order chi connectivity index (χ0) is 15.8. The topological polar surface area (TPSA) is 65.0 Å². The van der Waals surface area contributed by atoms with E-state index in [-0.39, 0.29) is 18.1 Å². The standard InChI is InChI=1S/C15H21BO5/c1-14(2)15(3,4)21-16(20-14)11-8-10(6-7-12(11)17)9-13(18)19-5/h6-8,17H,9H2,1-5H3. The summed E-state index contributed by atoms with van der Waals surface area (Å²) in [5, 5.41) is 10.1. The van der Waals surface area contributed by atoms with Crippen LogP contribution < -0.4 is 5.46 Å². The molecule has 0 atom stereocenters. The SMILES string of the molecule is COC(=O)Cc1ccc(O)c(B2OC(C)(C)C(C)(C)O2)c1. The lowest BCUT2D eigenvalue weighted by Gasteiger charge is -2.32. The fourth-order valence-corrected chi connectivity index (χ4v) is 2.11. The molecule has 1 aromatic carbocycles. The lowest BCUT2D eigenvalue weighted by Crippen LogP contribution is -2.41. The highest BCUT2D eigenvalue weighted by atomic mass is 16.7. The first kappa shape index (κ1) is 15.9. The Balaban J connectivity index is 2.28. The highest BCUT2D eigenvalue weighted by Gasteiger charge is 2.52. The summed E-state index contributed by atoms with van der Waals surface area (Å²) in [6.07, 6.45) is 0.142. The molecule has 1 aliphatic heterocycles. The molecule has 0 bridgehead atoms. The van der Waals surface area contributed by atoms with E-state index in [0.29, 0.717) is 5.46 Å². The van der Waals surface area contributed by atoms with Crippen molar-refractivity contribution in [2.45, 2.75) is 45.3 Å². The maximum absolute atomic E-state index is 11.4. The number of ether oxygens (including phenoxy) is 1. The van der Waals surface area contributed by atoms with Gasteiger partial charge in [-0.25, -0.2) is 0 Å². The normalized spacial score (nSPS) is 19.6. The minimum absolute atomic E-state index is 0.0853. The van der Waals surface area contributed by atoms with Gasteiger partial charge in [0.2, 0.25) is 0 Å². The van der Waals surface area contributed by atoms with E-state index in [0.717, 1.165) is 5.56 Å². The summed E-state index contributed by atoms with van der Waals surface area (Å²) in [5.74, 6) is -0.248. The van der Waals surface area contributed by atoms with Gasteiger partial charge in [0.1, 0.15) is 5.75 Å². The van der Waals surface area contributed by atoms with Crippen LogP contribution in [0.3, 0.4) is 0 Å². The maximum atomic E-state index is 11.4. The van der Waals surface area contributed by atoms with Crippen LogP contribution in [0.5, 0.6) is 5.75 Å². The Morgan fingerprint density at radius 3 is 2.33 bits per heavy atom. The number of esters is 1. The van der Waals surface area contributed by atoms with Crippen LogP contribution >= 0.6 is 0 Å². The van der Waals surface area contributed by atoms with Crippen molar-refractivity contribution in [2.24, 2.45) is 0 Å². The molecule has 1 aliphatic rings. The molecule has 0 aliphatic carbocycles. The second-order valence-electron chi connectivity index (χ2n) is 6.23. The van der Waals surface area contributed by atoms with E-state index in [1.54, 1.807) is 18.2 Å². The molecule has 1 saturated heterocycles. The molecule has 21 heavy (non-hydrogen) atoms. The Hall–Kier alpha value is -1.53. The molecule has 6 heteroatoms. The minimum Gasteiger partial charge on any atom is -0.508 e. The quantitative estimate of drug-likeness (QED) is 0.674. The molecule has 0 saturated carbocycles. The molecule has 1 heterocycles. The second kappa shape index (κ2) is 5.35. The van der Waals surface area contributed by atoms with Gasteiger partial charge in [0.25, 0.3) is 0 Å². The summed E-state index contributed by atoms with van der Waals surface area (Å²) < 4.78 is 16.5. The molecule has 0 radical (unpaired) electrons. The number of carbonyl (C=O) groups excluding carboxylic acids is 1. The lowest BCUT2D eigenvalue weighted by atomic mass is 9.77. The summed E-state index contributed by atoms with van der Waals surface area (Å²) in [6.45, 7) is 7.79. The first-order valence-corrected chi connectivity index (χ1v) is 6.90. The molecule has 2 rings (SSSR count). The number of carbonyl (C=O) groups is 1. The Labute approximate surface area is 125 Å². The summed E-state index contributed by atoms with van der Waals surface area (Å²) in [4.78, 5) is 11.4. The number of rotatable bonds is 3. The molecule has 0 spiro atoms. The zero-order valence-electron chi connectivity index (χ0n) is 13.1. The molecular formula is C15H21BO5. The van der Waals surface area contributed by atoms with E-state index < -0.39 is 18.3 Å². The van der Waals surface area contributed by atoms with Gasteiger partial charge in [0.15, 0.2) is 0 Å². The fourth-order valence-electron chi connectivity index (χ4n) is 2.11. The maximum Gasteiger partial charge on any atom is 0.498 e. The number of methoxy groups -OCH3 is 1. The second-order valence-corrected chi connectivity index (χ2v) is 6.23. The number of aromatic hydroxyl groups is 1. The number of benzene rings is 1. The molecule has 0 unspecified atom stereocenters. The van der Waals surface area contributed by atoms with Crippen LogP contribution in [0.1, 0.15) is 33.3 Å². The van der Waals surface area contributed by atoms with Crippen molar-refractivity contribution >= 4 is 18.6 Å². The third kappa shape index (κ3) is 3.06. The molecule has 0 amide bonds. The van der Waals surface area contributed by atoms with Gasteiger partial charge in [0, 0.05) is 5.46 Å². The Morgan fingerprint density at radius 1 is 1.24 bits per heavy atom. The minimum atomic E-state index is -0.660. The van der Waals surface area contributed by atoms with Crippen molar-refractivity contribution in [1.82, 2.24) is 0 Å². The number of hydrogen-bond acceptors (Lipinski definition) is 5. The van der Waals surface area contributed by atoms with Crippen molar-refractivity contribution in [3.8, 4) is 5.75 Å². The van der Waals surface area contributed by atoms with Crippen molar-refractivity contribution < 1.29 is 23.9 Å². The summed E-state index contributed by atoms with van der Waals surface area (Å²) in [7, 11) is 0.685. The van der Waals surface area contributed by atoms with Gasteiger partial charge in [-0.15, -0.1) is 0 Å². The van der Waals surface area contributed by atoms with Crippen molar-refractivity contribution in [3.05, 3.63) is 23.8 Å². The number of phenols is 1. The smallest absolute Gasteiger partial charge is 0.498 e.